The Balaban J connectivity index is 1.98. The van der Waals surface area contributed by atoms with Gasteiger partial charge in [-0.2, -0.15) is 18.2 Å². The standard InChI is InChI=1S/C19H14F4N2O/c20-15-8-11(15)9-16-14-7-6-12(19(21,22)23)10-17(14)25(18(26)24-16)13-4-2-1-3-5-13/h1-7,10-11,15H,8-9H2/t11-,15-/m0/s1. The van der Waals surface area contributed by atoms with Gasteiger partial charge in [-0.05, 0) is 43.0 Å². The lowest BCUT2D eigenvalue weighted by molar-refractivity contribution is -0.137. The van der Waals surface area contributed by atoms with Crippen molar-refractivity contribution in [2.45, 2.75) is 25.2 Å². The lowest BCUT2D eigenvalue weighted by Crippen LogP contribution is -2.24. The zero-order valence-electron chi connectivity index (χ0n) is 13.5. The van der Waals surface area contributed by atoms with Crippen molar-refractivity contribution in [2.75, 3.05) is 0 Å². The monoisotopic (exact) mass is 362 g/mol. The van der Waals surface area contributed by atoms with Crippen LogP contribution >= 0.6 is 0 Å². The van der Waals surface area contributed by atoms with Crippen molar-refractivity contribution in [1.82, 2.24) is 9.55 Å². The fourth-order valence-corrected chi connectivity index (χ4v) is 3.12. The Hall–Kier alpha value is -2.70. The Kier molecular flexibility index (Phi) is 3.82. The van der Waals surface area contributed by atoms with Crippen LogP contribution in [0.3, 0.4) is 0 Å². The van der Waals surface area contributed by atoms with Crippen molar-refractivity contribution < 1.29 is 17.6 Å². The quantitative estimate of drug-likeness (QED) is 0.651. The fraction of sp³-hybridized carbons (Fsp3) is 0.263. The number of hydrogen-bond donors (Lipinski definition) is 0. The molecule has 0 bridgehead atoms. The van der Waals surface area contributed by atoms with E-state index in [9.17, 15) is 22.4 Å². The molecule has 1 aliphatic carbocycles. The molecule has 2 aromatic carbocycles. The highest BCUT2D eigenvalue weighted by molar-refractivity contribution is 5.83. The summed E-state index contributed by atoms with van der Waals surface area (Å²) in [5.74, 6) is -0.222. The molecule has 4 rings (SSSR count). The van der Waals surface area contributed by atoms with Crippen LogP contribution in [0.4, 0.5) is 17.6 Å². The van der Waals surface area contributed by atoms with E-state index in [0.717, 1.165) is 16.7 Å². The topological polar surface area (TPSA) is 34.9 Å². The average Bonchev–Trinajstić information content (AvgIpc) is 3.29. The third-order valence-electron chi connectivity index (χ3n) is 4.60. The lowest BCUT2D eigenvalue weighted by Gasteiger charge is -2.15. The first-order valence-corrected chi connectivity index (χ1v) is 8.17. The third kappa shape index (κ3) is 2.98. The molecule has 1 heterocycles. The maximum atomic E-state index is 13.3. The minimum Gasteiger partial charge on any atom is -0.260 e. The zero-order valence-corrected chi connectivity index (χ0v) is 13.5. The van der Waals surface area contributed by atoms with Gasteiger partial charge in [0, 0.05) is 5.39 Å². The Labute approximate surface area is 145 Å². The smallest absolute Gasteiger partial charge is 0.260 e. The molecule has 134 valence electrons. The number of rotatable bonds is 3. The van der Waals surface area contributed by atoms with Gasteiger partial charge in [-0.15, -0.1) is 0 Å². The van der Waals surface area contributed by atoms with Gasteiger partial charge < -0.3 is 0 Å². The molecule has 0 spiro atoms. The first kappa shape index (κ1) is 16.8. The highest BCUT2D eigenvalue weighted by Gasteiger charge is 2.38. The highest BCUT2D eigenvalue weighted by atomic mass is 19.4. The first-order valence-electron chi connectivity index (χ1n) is 8.17. The van der Waals surface area contributed by atoms with Gasteiger partial charge in [0.15, 0.2) is 0 Å². The molecule has 7 heteroatoms. The number of alkyl halides is 4. The molecule has 3 nitrogen and oxygen atoms in total. The van der Waals surface area contributed by atoms with Crippen molar-refractivity contribution in [3.8, 4) is 5.69 Å². The molecule has 0 saturated heterocycles. The van der Waals surface area contributed by atoms with E-state index >= 15 is 0 Å². The highest BCUT2D eigenvalue weighted by Crippen LogP contribution is 2.38. The zero-order chi connectivity index (χ0) is 18.5. The van der Waals surface area contributed by atoms with Crippen LogP contribution in [0.2, 0.25) is 0 Å². The fourth-order valence-electron chi connectivity index (χ4n) is 3.12. The van der Waals surface area contributed by atoms with Crippen LogP contribution in [0.5, 0.6) is 0 Å². The predicted octanol–water partition coefficient (Wildman–Crippen LogP) is 4.31. The van der Waals surface area contributed by atoms with Gasteiger partial charge in [-0.3, -0.25) is 4.57 Å². The van der Waals surface area contributed by atoms with Gasteiger partial charge in [0.2, 0.25) is 0 Å². The molecule has 0 amide bonds. The van der Waals surface area contributed by atoms with Crippen LogP contribution in [-0.4, -0.2) is 15.7 Å². The molecule has 0 aliphatic heterocycles. The Morgan fingerprint density at radius 1 is 1.12 bits per heavy atom. The van der Waals surface area contributed by atoms with Gasteiger partial charge in [-0.25, -0.2) is 9.18 Å². The van der Waals surface area contributed by atoms with Crippen LogP contribution in [0.25, 0.3) is 16.6 Å². The normalized spacial score (nSPS) is 19.7. The van der Waals surface area contributed by atoms with Gasteiger partial charge in [0.05, 0.1) is 22.5 Å². The lowest BCUT2D eigenvalue weighted by atomic mass is 10.1. The number of nitrogens with zero attached hydrogens (tertiary/aromatic N) is 2. The van der Waals surface area contributed by atoms with Crippen molar-refractivity contribution in [3.63, 3.8) is 0 Å². The molecule has 0 N–H and O–H groups in total. The van der Waals surface area contributed by atoms with E-state index in [1.807, 2.05) is 0 Å². The van der Waals surface area contributed by atoms with E-state index in [4.69, 9.17) is 0 Å². The summed E-state index contributed by atoms with van der Waals surface area (Å²) < 4.78 is 53.9. The third-order valence-corrected chi connectivity index (χ3v) is 4.60. The second-order valence-electron chi connectivity index (χ2n) is 6.46. The summed E-state index contributed by atoms with van der Waals surface area (Å²) in [6.07, 6.45) is -4.83. The van der Waals surface area contributed by atoms with Gasteiger partial charge in [0.25, 0.3) is 0 Å². The van der Waals surface area contributed by atoms with Gasteiger partial charge in [-0.1, -0.05) is 24.3 Å². The molecule has 3 aromatic rings. The molecular weight excluding hydrogens is 348 g/mol. The van der Waals surface area contributed by atoms with E-state index in [2.05, 4.69) is 4.98 Å². The molecule has 1 fully saturated rings. The minimum atomic E-state index is -4.53. The molecule has 0 unspecified atom stereocenters. The Morgan fingerprint density at radius 3 is 2.42 bits per heavy atom. The van der Waals surface area contributed by atoms with Crippen LogP contribution in [0.1, 0.15) is 17.7 Å². The first-order chi connectivity index (χ1) is 12.3. The number of aromatic nitrogens is 2. The number of fused-ring (bicyclic) bond motifs is 1. The summed E-state index contributed by atoms with van der Waals surface area (Å²) in [7, 11) is 0. The van der Waals surface area contributed by atoms with E-state index in [1.54, 1.807) is 30.3 Å². The van der Waals surface area contributed by atoms with Crippen LogP contribution in [0, 0.1) is 5.92 Å². The maximum Gasteiger partial charge on any atom is 0.416 e. The molecule has 1 saturated carbocycles. The summed E-state index contributed by atoms with van der Waals surface area (Å²) in [6, 6.07) is 11.6. The summed E-state index contributed by atoms with van der Waals surface area (Å²) in [6.45, 7) is 0. The largest absolute Gasteiger partial charge is 0.416 e. The van der Waals surface area contributed by atoms with Crippen LogP contribution in [-0.2, 0) is 12.6 Å². The second kappa shape index (κ2) is 5.93. The summed E-state index contributed by atoms with van der Waals surface area (Å²) in [5.41, 5.74) is -0.626. The molecular formula is C19H14F4N2O. The number of hydrogen-bond acceptors (Lipinski definition) is 2. The Bertz CT molecular complexity index is 1030. The van der Waals surface area contributed by atoms with E-state index < -0.39 is 23.6 Å². The van der Waals surface area contributed by atoms with Crippen molar-refractivity contribution >= 4 is 10.9 Å². The van der Waals surface area contributed by atoms with Crippen molar-refractivity contribution in [3.05, 3.63) is 70.3 Å². The number of benzene rings is 2. The maximum absolute atomic E-state index is 13.3. The summed E-state index contributed by atoms with van der Waals surface area (Å²) >= 11 is 0. The number of halogens is 4. The summed E-state index contributed by atoms with van der Waals surface area (Å²) in [5, 5.41) is 0.431. The van der Waals surface area contributed by atoms with E-state index in [1.165, 1.54) is 6.07 Å². The van der Waals surface area contributed by atoms with E-state index in [-0.39, 0.29) is 17.9 Å². The SMILES string of the molecule is O=c1nc(C[C@@H]2C[C@@H]2F)c2ccc(C(F)(F)F)cc2n1-c1ccccc1. The molecule has 0 radical (unpaired) electrons. The predicted molar refractivity (Wildman–Crippen MR) is 89.0 cm³/mol. The van der Waals surface area contributed by atoms with Crippen LogP contribution in [0.15, 0.2) is 53.3 Å². The van der Waals surface area contributed by atoms with Crippen molar-refractivity contribution in [2.24, 2.45) is 5.92 Å². The molecule has 26 heavy (non-hydrogen) atoms. The van der Waals surface area contributed by atoms with Crippen LogP contribution < -0.4 is 5.69 Å². The van der Waals surface area contributed by atoms with Crippen molar-refractivity contribution in [1.29, 1.82) is 0 Å². The Morgan fingerprint density at radius 2 is 1.81 bits per heavy atom. The second-order valence-corrected chi connectivity index (χ2v) is 6.46. The van der Waals surface area contributed by atoms with E-state index in [0.29, 0.717) is 23.2 Å². The molecule has 1 aliphatic rings. The minimum absolute atomic E-state index is 0.122. The summed E-state index contributed by atoms with van der Waals surface area (Å²) in [4.78, 5) is 16.6. The van der Waals surface area contributed by atoms with Gasteiger partial charge in [0.1, 0.15) is 6.17 Å². The molecule has 1 aromatic heterocycles. The molecule has 2 atom stereocenters. The average molecular weight is 362 g/mol. The van der Waals surface area contributed by atoms with Gasteiger partial charge >= 0.3 is 11.9 Å². The number of para-hydroxylation sites is 1.